The lowest BCUT2D eigenvalue weighted by Gasteiger charge is -2.31. The molecule has 0 saturated carbocycles. The van der Waals surface area contributed by atoms with Crippen molar-refractivity contribution in [3.05, 3.63) is 35.4 Å². The second kappa shape index (κ2) is 7.14. The van der Waals surface area contributed by atoms with Gasteiger partial charge in [0.1, 0.15) is 17.7 Å². The van der Waals surface area contributed by atoms with Crippen LogP contribution in [0.25, 0.3) is 0 Å². The van der Waals surface area contributed by atoms with Crippen molar-refractivity contribution in [3.8, 4) is 0 Å². The number of urea groups is 1. The second-order valence-electron chi connectivity index (χ2n) is 8.74. The zero-order valence-corrected chi connectivity index (χ0v) is 16.5. The van der Waals surface area contributed by atoms with Crippen LogP contribution in [0.2, 0.25) is 0 Å². The molecule has 1 unspecified atom stereocenters. The molecule has 28 heavy (non-hydrogen) atoms. The molecule has 3 rings (SSSR count). The summed E-state index contributed by atoms with van der Waals surface area (Å²) in [7, 11) is 0. The summed E-state index contributed by atoms with van der Waals surface area (Å²) in [5, 5.41) is 0. The Labute approximate surface area is 163 Å². The van der Waals surface area contributed by atoms with E-state index in [2.05, 4.69) is 0 Å². The molecule has 2 heterocycles. The summed E-state index contributed by atoms with van der Waals surface area (Å²) >= 11 is 0. The van der Waals surface area contributed by atoms with Gasteiger partial charge in [-0.1, -0.05) is 27.7 Å². The molecule has 0 aromatic heterocycles. The molecule has 0 bridgehead atoms. The second-order valence-corrected chi connectivity index (χ2v) is 8.74. The SMILES string of the molecule is CC(C)CN1C(=O)C2CN(C(=O)c3cc(F)ccc3F)CC(C)(C)CN2C1=O. The molecule has 6 nitrogen and oxygen atoms in total. The molecule has 2 aliphatic heterocycles. The Hall–Kier alpha value is -2.51. The number of amides is 4. The number of hydrogen-bond donors (Lipinski definition) is 0. The summed E-state index contributed by atoms with van der Waals surface area (Å²) in [5.41, 5.74) is -0.891. The van der Waals surface area contributed by atoms with Crippen molar-refractivity contribution >= 4 is 17.8 Å². The van der Waals surface area contributed by atoms with Gasteiger partial charge in [-0.3, -0.25) is 14.5 Å². The summed E-state index contributed by atoms with van der Waals surface area (Å²) in [5.74, 6) is -2.46. The van der Waals surface area contributed by atoms with Gasteiger partial charge in [-0.2, -0.15) is 0 Å². The van der Waals surface area contributed by atoms with Crippen LogP contribution in [0, 0.1) is 23.0 Å². The number of carbonyl (C=O) groups is 3. The molecule has 2 fully saturated rings. The Morgan fingerprint density at radius 2 is 1.89 bits per heavy atom. The third-order valence-electron chi connectivity index (χ3n) is 5.01. The van der Waals surface area contributed by atoms with Crippen molar-refractivity contribution in [2.45, 2.75) is 33.7 Å². The van der Waals surface area contributed by atoms with Gasteiger partial charge in [0.05, 0.1) is 12.1 Å². The van der Waals surface area contributed by atoms with Crippen LogP contribution in [0.1, 0.15) is 38.1 Å². The van der Waals surface area contributed by atoms with Crippen LogP contribution in [-0.2, 0) is 4.79 Å². The third-order valence-corrected chi connectivity index (χ3v) is 5.01. The molecule has 1 aromatic carbocycles. The van der Waals surface area contributed by atoms with Gasteiger partial charge >= 0.3 is 6.03 Å². The number of rotatable bonds is 3. The van der Waals surface area contributed by atoms with Crippen LogP contribution in [-0.4, -0.2) is 64.8 Å². The highest BCUT2D eigenvalue weighted by molar-refractivity contribution is 6.05. The van der Waals surface area contributed by atoms with E-state index in [0.29, 0.717) is 13.1 Å². The third kappa shape index (κ3) is 3.72. The summed E-state index contributed by atoms with van der Waals surface area (Å²) in [6, 6.07) is 1.55. The van der Waals surface area contributed by atoms with Crippen LogP contribution in [0.5, 0.6) is 0 Å². The smallest absolute Gasteiger partial charge is 0.327 e. The number of nitrogens with zero attached hydrogens (tertiary/aromatic N) is 3. The van der Waals surface area contributed by atoms with Crippen LogP contribution in [0.4, 0.5) is 13.6 Å². The highest BCUT2D eigenvalue weighted by Crippen LogP contribution is 2.31. The molecule has 0 radical (unpaired) electrons. The predicted octanol–water partition coefficient (Wildman–Crippen LogP) is 2.74. The summed E-state index contributed by atoms with van der Waals surface area (Å²) in [4.78, 5) is 42.7. The average Bonchev–Trinajstić information content (AvgIpc) is 2.73. The van der Waals surface area contributed by atoms with Crippen molar-refractivity contribution < 1.29 is 23.2 Å². The molecule has 0 N–H and O–H groups in total. The van der Waals surface area contributed by atoms with E-state index in [1.165, 1.54) is 14.7 Å². The summed E-state index contributed by atoms with van der Waals surface area (Å²) in [6.07, 6.45) is 0. The first-order chi connectivity index (χ1) is 13.0. The van der Waals surface area contributed by atoms with E-state index in [-0.39, 0.29) is 36.5 Å². The highest BCUT2D eigenvalue weighted by atomic mass is 19.1. The minimum atomic E-state index is -0.819. The van der Waals surface area contributed by atoms with Crippen LogP contribution < -0.4 is 0 Å². The standard InChI is InChI=1S/C20H25F2N3O3/c1-12(2)8-24-18(27)16-9-23(10-20(3,4)11-25(16)19(24)28)17(26)14-7-13(21)5-6-15(14)22/h5-7,12,16H,8-11H2,1-4H3. The monoisotopic (exact) mass is 393 g/mol. The largest absolute Gasteiger partial charge is 0.335 e. The van der Waals surface area contributed by atoms with Crippen LogP contribution in [0.3, 0.4) is 0 Å². The number of imide groups is 1. The maximum atomic E-state index is 14.1. The van der Waals surface area contributed by atoms with Gasteiger partial charge in [0.25, 0.3) is 11.8 Å². The van der Waals surface area contributed by atoms with E-state index in [0.717, 1.165) is 18.2 Å². The normalized spacial score (nSPS) is 22.0. The van der Waals surface area contributed by atoms with Gasteiger partial charge < -0.3 is 9.80 Å². The first-order valence-corrected chi connectivity index (χ1v) is 9.36. The zero-order valence-electron chi connectivity index (χ0n) is 16.5. The van der Waals surface area contributed by atoms with E-state index in [1.54, 1.807) is 0 Å². The number of halogens is 2. The van der Waals surface area contributed by atoms with Crippen molar-refractivity contribution in [1.82, 2.24) is 14.7 Å². The van der Waals surface area contributed by atoms with E-state index in [4.69, 9.17) is 0 Å². The highest BCUT2D eigenvalue weighted by Gasteiger charge is 2.50. The topological polar surface area (TPSA) is 60.9 Å². The van der Waals surface area contributed by atoms with E-state index in [1.807, 2.05) is 27.7 Å². The molecule has 152 valence electrons. The molecule has 2 saturated heterocycles. The minimum Gasteiger partial charge on any atom is -0.335 e. The number of benzene rings is 1. The maximum Gasteiger partial charge on any atom is 0.327 e. The molecule has 8 heteroatoms. The molecule has 2 aliphatic rings. The van der Waals surface area contributed by atoms with Gasteiger partial charge in [-0.25, -0.2) is 13.6 Å². The summed E-state index contributed by atoms with van der Waals surface area (Å²) < 4.78 is 27.7. The quantitative estimate of drug-likeness (QED) is 0.742. The van der Waals surface area contributed by atoms with Crippen molar-refractivity contribution in [2.24, 2.45) is 11.3 Å². The Bertz CT molecular complexity index is 825. The van der Waals surface area contributed by atoms with Crippen molar-refractivity contribution in [3.63, 3.8) is 0 Å². The molecular formula is C20H25F2N3O3. The molecule has 4 amide bonds. The molecule has 1 aromatic rings. The van der Waals surface area contributed by atoms with Crippen molar-refractivity contribution in [2.75, 3.05) is 26.2 Å². The minimum absolute atomic E-state index is 0.0443. The number of carbonyl (C=O) groups excluding carboxylic acids is 3. The van der Waals surface area contributed by atoms with Gasteiger partial charge in [-0.05, 0) is 24.1 Å². The van der Waals surface area contributed by atoms with Gasteiger partial charge in [0, 0.05) is 25.0 Å². The Balaban J connectivity index is 1.93. The molecule has 1 atom stereocenters. The summed E-state index contributed by atoms with van der Waals surface area (Å²) in [6.45, 7) is 8.36. The number of hydrogen-bond acceptors (Lipinski definition) is 3. The van der Waals surface area contributed by atoms with E-state index < -0.39 is 29.0 Å². The van der Waals surface area contributed by atoms with Crippen LogP contribution in [0.15, 0.2) is 18.2 Å². The maximum absolute atomic E-state index is 14.1. The number of fused-ring (bicyclic) bond motifs is 1. The van der Waals surface area contributed by atoms with E-state index in [9.17, 15) is 23.2 Å². The van der Waals surface area contributed by atoms with Gasteiger partial charge in [-0.15, -0.1) is 0 Å². The van der Waals surface area contributed by atoms with Gasteiger partial charge in [0.2, 0.25) is 0 Å². The first-order valence-electron chi connectivity index (χ1n) is 9.36. The first kappa shape index (κ1) is 20.2. The fourth-order valence-corrected chi connectivity index (χ4v) is 3.87. The molecular weight excluding hydrogens is 368 g/mol. The average molecular weight is 393 g/mol. The Kier molecular flexibility index (Phi) is 5.16. The predicted molar refractivity (Wildman–Crippen MR) is 98.5 cm³/mol. The fraction of sp³-hybridized carbons (Fsp3) is 0.550. The van der Waals surface area contributed by atoms with Gasteiger partial charge in [0.15, 0.2) is 0 Å². The fourth-order valence-electron chi connectivity index (χ4n) is 3.87. The van der Waals surface area contributed by atoms with E-state index >= 15 is 0 Å². The lowest BCUT2D eigenvalue weighted by atomic mass is 9.92. The molecule has 0 aliphatic carbocycles. The zero-order chi connectivity index (χ0) is 20.8. The molecule has 0 spiro atoms. The van der Waals surface area contributed by atoms with Crippen molar-refractivity contribution in [1.29, 1.82) is 0 Å². The Morgan fingerprint density at radius 3 is 2.54 bits per heavy atom. The lowest BCUT2D eigenvalue weighted by Crippen LogP contribution is -2.44. The lowest BCUT2D eigenvalue weighted by molar-refractivity contribution is -0.128. The Morgan fingerprint density at radius 1 is 1.21 bits per heavy atom. The van der Waals surface area contributed by atoms with Crippen LogP contribution >= 0.6 is 0 Å².